The summed E-state index contributed by atoms with van der Waals surface area (Å²) < 4.78 is 5.35. The molecular formula is C6H16MgOSi. The molecular weight excluding hydrogens is 140 g/mol. The van der Waals surface area contributed by atoms with Crippen LogP contribution in [-0.2, 0) is 4.43 Å². The molecule has 9 heavy (non-hydrogen) atoms. The van der Waals surface area contributed by atoms with Crippen molar-refractivity contribution < 1.29 is 4.43 Å². The number of rotatable bonds is 2. The summed E-state index contributed by atoms with van der Waals surface area (Å²) >= 11 is 0. The monoisotopic (exact) mass is 156 g/mol. The van der Waals surface area contributed by atoms with Gasteiger partial charge in [-0.1, -0.05) is 0 Å². The number of hydrogen-bond acceptors (Lipinski definition) is 1. The first-order valence-corrected chi connectivity index (χ1v) is 5.00. The Balaban J connectivity index is -0.000000180. The summed E-state index contributed by atoms with van der Waals surface area (Å²) in [5.74, 6) is 0. The second-order valence-electron chi connectivity index (χ2n) is 2.07. The molecule has 0 aromatic heterocycles. The van der Waals surface area contributed by atoms with Crippen LogP contribution in [0.1, 0.15) is 13.8 Å². The van der Waals surface area contributed by atoms with Gasteiger partial charge in [0.1, 0.15) is 0 Å². The minimum absolute atomic E-state index is 0. The van der Waals surface area contributed by atoms with Crippen LogP contribution in [0.25, 0.3) is 0 Å². The Labute approximate surface area is 77.1 Å². The largest absolute Gasteiger partial charge is 2.00 e. The van der Waals surface area contributed by atoms with Gasteiger partial charge in [0.15, 0.2) is 0 Å². The van der Waals surface area contributed by atoms with E-state index in [0.29, 0.717) is 6.10 Å². The molecule has 0 bridgehead atoms. The predicted molar refractivity (Wildman–Crippen MR) is 45.9 cm³/mol. The van der Waals surface area contributed by atoms with E-state index in [1.54, 1.807) is 0 Å². The van der Waals surface area contributed by atoms with Gasteiger partial charge in [0.2, 0.25) is 0 Å². The molecule has 0 atom stereocenters. The van der Waals surface area contributed by atoms with Crippen molar-refractivity contribution in [3.05, 3.63) is 7.43 Å². The Kier molecular flexibility index (Phi) is 16.4. The van der Waals surface area contributed by atoms with Crippen LogP contribution in [0.3, 0.4) is 0 Å². The fourth-order valence-electron chi connectivity index (χ4n) is 0.471. The van der Waals surface area contributed by atoms with Crippen molar-refractivity contribution in [3.63, 3.8) is 0 Å². The van der Waals surface area contributed by atoms with E-state index in [2.05, 4.69) is 26.9 Å². The van der Waals surface area contributed by atoms with Crippen LogP contribution in [-0.4, -0.2) is 38.2 Å². The molecule has 0 fully saturated rings. The first-order chi connectivity index (χ1) is 3.13. The zero-order chi connectivity index (χ0) is 5.86. The van der Waals surface area contributed by atoms with E-state index in [1.807, 2.05) is 0 Å². The molecule has 0 aliphatic heterocycles. The quantitative estimate of drug-likeness (QED) is 0.437. The van der Waals surface area contributed by atoms with Crippen molar-refractivity contribution >= 4 is 32.1 Å². The van der Waals surface area contributed by atoms with Crippen LogP contribution in [0.4, 0.5) is 0 Å². The molecule has 0 aliphatic carbocycles. The van der Waals surface area contributed by atoms with Crippen LogP contribution in [0, 0.1) is 7.43 Å². The zero-order valence-electron chi connectivity index (χ0n) is 7.19. The summed E-state index contributed by atoms with van der Waals surface area (Å²) in [5, 5.41) is 0. The smallest absolute Gasteiger partial charge is 0.587 e. The van der Waals surface area contributed by atoms with Gasteiger partial charge in [0.05, 0.1) is 0 Å². The Morgan fingerprint density at radius 3 is 1.56 bits per heavy atom. The molecule has 1 nitrogen and oxygen atoms in total. The summed E-state index contributed by atoms with van der Waals surface area (Å²) in [5.41, 5.74) is 0. The predicted octanol–water partition coefficient (Wildman–Crippen LogP) is 1.73. The molecule has 0 heterocycles. The second kappa shape index (κ2) is 8.94. The van der Waals surface area contributed by atoms with Crippen molar-refractivity contribution in [3.8, 4) is 0 Å². The first-order valence-electron chi connectivity index (χ1n) is 2.59. The van der Waals surface area contributed by atoms with Gasteiger partial charge in [0, 0.05) is 6.10 Å². The summed E-state index contributed by atoms with van der Waals surface area (Å²) in [6.07, 6.45) is 0.420. The Morgan fingerprint density at radius 1 is 1.22 bits per heavy atom. The molecule has 0 aliphatic rings. The average molecular weight is 157 g/mol. The minimum atomic E-state index is -0.434. The van der Waals surface area contributed by atoms with Crippen molar-refractivity contribution in [2.45, 2.75) is 33.0 Å². The van der Waals surface area contributed by atoms with Gasteiger partial charge in [-0.3, -0.25) is 0 Å². The van der Waals surface area contributed by atoms with E-state index in [-0.39, 0.29) is 30.5 Å². The summed E-state index contributed by atoms with van der Waals surface area (Å²) in [6, 6.07) is 0. The van der Waals surface area contributed by atoms with Crippen molar-refractivity contribution in [2.24, 2.45) is 0 Å². The van der Waals surface area contributed by atoms with E-state index < -0.39 is 9.04 Å². The van der Waals surface area contributed by atoms with Gasteiger partial charge in [0.25, 0.3) is 0 Å². The Morgan fingerprint density at radius 2 is 1.56 bits per heavy atom. The molecule has 0 radical (unpaired) electrons. The maximum absolute atomic E-state index is 5.35. The molecule has 0 unspecified atom stereocenters. The molecule has 0 aromatic rings. The molecule has 0 rings (SSSR count). The second-order valence-corrected chi connectivity index (χ2v) is 4.13. The molecule has 0 spiro atoms. The molecule has 3 heteroatoms. The zero-order valence-corrected chi connectivity index (χ0v) is 9.61. The SMILES string of the molecule is CC(C)O[Si-](C)C.[CH3-].[Mg+2]. The average Bonchev–Trinajstić information content (AvgIpc) is 1.27. The summed E-state index contributed by atoms with van der Waals surface area (Å²) in [4.78, 5) is 0. The number of hydrogen-bond donors (Lipinski definition) is 0. The fourth-order valence-corrected chi connectivity index (χ4v) is 1.41. The van der Waals surface area contributed by atoms with Crippen LogP contribution >= 0.6 is 0 Å². The third-order valence-electron chi connectivity index (χ3n) is 0.471. The van der Waals surface area contributed by atoms with Crippen LogP contribution in [0.5, 0.6) is 0 Å². The Hall–Kier alpha value is 0.943. The van der Waals surface area contributed by atoms with Crippen LogP contribution in [0.15, 0.2) is 0 Å². The molecule has 0 saturated heterocycles. The van der Waals surface area contributed by atoms with E-state index >= 15 is 0 Å². The van der Waals surface area contributed by atoms with Crippen molar-refractivity contribution in [1.29, 1.82) is 0 Å². The maximum Gasteiger partial charge on any atom is 2.00 e. The molecule has 0 N–H and O–H groups in total. The standard InChI is InChI=1S/C5H13OSi.CH3.Mg/c1-5(2)6-7(3)4;;/h5H,1-4H3;1H3;/q2*-1;+2. The van der Waals surface area contributed by atoms with E-state index in [9.17, 15) is 0 Å². The van der Waals surface area contributed by atoms with Crippen LogP contribution in [0.2, 0.25) is 13.1 Å². The molecule has 0 aromatic carbocycles. The normalized spacial score (nSPS) is 8.67. The van der Waals surface area contributed by atoms with Gasteiger partial charge < -0.3 is 11.9 Å². The van der Waals surface area contributed by atoms with Gasteiger partial charge in [-0.25, -0.2) is 0 Å². The van der Waals surface area contributed by atoms with E-state index in [0.717, 1.165) is 0 Å². The summed E-state index contributed by atoms with van der Waals surface area (Å²) in [7, 11) is -0.434. The van der Waals surface area contributed by atoms with Crippen molar-refractivity contribution in [2.75, 3.05) is 0 Å². The van der Waals surface area contributed by atoms with Gasteiger partial charge >= 0.3 is 23.1 Å². The summed E-state index contributed by atoms with van der Waals surface area (Å²) in [6.45, 7) is 8.42. The molecule has 0 amide bonds. The first kappa shape index (κ1) is 16.5. The molecule has 52 valence electrons. The van der Waals surface area contributed by atoms with E-state index in [4.69, 9.17) is 4.43 Å². The fraction of sp³-hybridized carbons (Fsp3) is 0.833. The van der Waals surface area contributed by atoms with E-state index in [1.165, 1.54) is 0 Å². The van der Waals surface area contributed by atoms with Crippen molar-refractivity contribution in [1.82, 2.24) is 0 Å². The topological polar surface area (TPSA) is 9.23 Å². The minimum Gasteiger partial charge on any atom is -0.587 e. The Bertz CT molecular complexity index is 42.3. The molecule has 0 saturated carbocycles. The van der Waals surface area contributed by atoms with Gasteiger partial charge in [-0.15, -0.1) is 9.04 Å². The van der Waals surface area contributed by atoms with Crippen LogP contribution < -0.4 is 0 Å². The third kappa shape index (κ3) is 17.6. The van der Waals surface area contributed by atoms with Gasteiger partial charge in [-0.2, -0.15) is 13.1 Å². The van der Waals surface area contributed by atoms with Gasteiger partial charge in [-0.05, 0) is 13.8 Å². The maximum atomic E-state index is 5.35. The third-order valence-corrected chi connectivity index (χ3v) is 1.41.